The number of ether oxygens (including phenoxy) is 3. The predicted molar refractivity (Wildman–Crippen MR) is 107 cm³/mol. The van der Waals surface area contributed by atoms with Crippen molar-refractivity contribution in [2.24, 2.45) is 5.92 Å². The molecule has 0 radical (unpaired) electrons. The monoisotopic (exact) mass is 398 g/mol. The van der Waals surface area contributed by atoms with E-state index in [1.807, 2.05) is 55.5 Å². The Bertz CT molecular complexity index is 892. The largest absolute Gasteiger partial charge is 0.493 e. The quantitative estimate of drug-likeness (QED) is 0.692. The summed E-state index contributed by atoms with van der Waals surface area (Å²) in [7, 11) is 0. The van der Waals surface area contributed by atoms with Crippen molar-refractivity contribution in [1.82, 2.24) is 0 Å². The number of carbonyl (C=O) groups is 1. The summed E-state index contributed by atoms with van der Waals surface area (Å²) >= 11 is 6.19. The van der Waals surface area contributed by atoms with Crippen molar-refractivity contribution >= 4 is 17.4 Å². The molecule has 1 aliphatic heterocycles. The Morgan fingerprint density at radius 1 is 1.14 bits per heavy atom. The first-order valence-corrected chi connectivity index (χ1v) is 9.97. The summed E-state index contributed by atoms with van der Waals surface area (Å²) in [6, 6.07) is 15.3. The molecule has 0 bridgehead atoms. The number of aryl methyl sites for hydroxylation is 1. The Morgan fingerprint density at radius 2 is 2.00 bits per heavy atom. The summed E-state index contributed by atoms with van der Waals surface area (Å²) in [5.41, 5.74) is 2.05. The van der Waals surface area contributed by atoms with Gasteiger partial charge in [0, 0.05) is 11.4 Å². The molecule has 2 aromatic rings. The summed E-state index contributed by atoms with van der Waals surface area (Å²) in [5, 5.41) is 0.709. The van der Waals surface area contributed by atoms with Gasteiger partial charge in [0.2, 0.25) is 11.5 Å². The van der Waals surface area contributed by atoms with Crippen LogP contribution in [-0.4, -0.2) is 18.0 Å². The van der Waals surface area contributed by atoms with Gasteiger partial charge >= 0.3 is 0 Å². The SMILES string of the molecule is Cc1cccc(OC2=COC3CC(OCc4ccccc4Cl)CCC3C2=O)c1. The second kappa shape index (κ2) is 8.38. The minimum Gasteiger partial charge on any atom is -0.493 e. The van der Waals surface area contributed by atoms with E-state index in [0.29, 0.717) is 23.8 Å². The van der Waals surface area contributed by atoms with E-state index < -0.39 is 0 Å². The van der Waals surface area contributed by atoms with Gasteiger partial charge < -0.3 is 14.2 Å². The van der Waals surface area contributed by atoms with Crippen LogP contribution in [0, 0.1) is 12.8 Å². The molecular formula is C23H23ClO4. The molecule has 0 N–H and O–H groups in total. The van der Waals surface area contributed by atoms with Crippen LogP contribution in [0.3, 0.4) is 0 Å². The number of carbonyl (C=O) groups excluding carboxylic acids is 1. The van der Waals surface area contributed by atoms with Crippen molar-refractivity contribution in [1.29, 1.82) is 0 Å². The lowest BCUT2D eigenvalue weighted by molar-refractivity contribution is -0.134. The first kappa shape index (κ1) is 19.0. The number of fused-ring (bicyclic) bond motifs is 1. The van der Waals surface area contributed by atoms with Crippen LogP contribution < -0.4 is 4.74 Å². The highest BCUT2D eigenvalue weighted by Gasteiger charge is 2.41. The molecule has 1 aliphatic carbocycles. The van der Waals surface area contributed by atoms with Crippen LogP contribution in [0.15, 0.2) is 60.6 Å². The van der Waals surface area contributed by atoms with Crippen molar-refractivity contribution in [3.8, 4) is 5.75 Å². The van der Waals surface area contributed by atoms with Crippen LogP contribution in [-0.2, 0) is 20.9 Å². The van der Waals surface area contributed by atoms with E-state index in [4.69, 9.17) is 25.8 Å². The van der Waals surface area contributed by atoms with Crippen molar-refractivity contribution in [3.63, 3.8) is 0 Å². The van der Waals surface area contributed by atoms with E-state index in [0.717, 1.165) is 24.0 Å². The smallest absolute Gasteiger partial charge is 0.207 e. The number of hydrogen-bond acceptors (Lipinski definition) is 4. The molecule has 4 rings (SSSR count). The Labute approximate surface area is 170 Å². The lowest BCUT2D eigenvalue weighted by Crippen LogP contribution is -2.42. The van der Waals surface area contributed by atoms with Gasteiger partial charge in [-0.1, -0.05) is 41.9 Å². The molecule has 1 fully saturated rings. The molecule has 0 amide bonds. The van der Waals surface area contributed by atoms with Crippen LogP contribution in [0.5, 0.6) is 5.75 Å². The lowest BCUT2D eigenvalue weighted by atomic mass is 9.80. The summed E-state index contributed by atoms with van der Waals surface area (Å²) in [6.45, 7) is 2.45. The molecule has 4 nitrogen and oxygen atoms in total. The van der Waals surface area contributed by atoms with Gasteiger partial charge in [0.25, 0.3) is 0 Å². The fraction of sp³-hybridized carbons (Fsp3) is 0.348. The molecular weight excluding hydrogens is 376 g/mol. The first-order chi connectivity index (χ1) is 13.6. The summed E-state index contributed by atoms with van der Waals surface area (Å²) in [4.78, 5) is 12.8. The maximum Gasteiger partial charge on any atom is 0.207 e. The first-order valence-electron chi connectivity index (χ1n) is 9.59. The van der Waals surface area contributed by atoms with Gasteiger partial charge in [-0.15, -0.1) is 0 Å². The average molecular weight is 399 g/mol. The molecule has 2 aliphatic rings. The minimum atomic E-state index is -0.176. The van der Waals surface area contributed by atoms with E-state index in [1.165, 1.54) is 6.26 Å². The molecule has 5 heteroatoms. The number of halogens is 1. The van der Waals surface area contributed by atoms with Gasteiger partial charge in [-0.25, -0.2) is 0 Å². The van der Waals surface area contributed by atoms with Crippen molar-refractivity contribution in [2.45, 2.75) is 45.0 Å². The number of hydrogen-bond donors (Lipinski definition) is 0. The molecule has 0 aromatic heterocycles. The van der Waals surface area contributed by atoms with E-state index in [-0.39, 0.29) is 29.7 Å². The van der Waals surface area contributed by atoms with Crippen molar-refractivity contribution < 1.29 is 19.0 Å². The normalized spacial score (nSPS) is 24.1. The molecule has 0 saturated heterocycles. The van der Waals surface area contributed by atoms with Gasteiger partial charge in [-0.3, -0.25) is 4.79 Å². The number of benzene rings is 2. The van der Waals surface area contributed by atoms with Crippen molar-refractivity contribution in [3.05, 3.63) is 76.7 Å². The minimum absolute atomic E-state index is 0.0160. The fourth-order valence-corrected chi connectivity index (χ4v) is 3.98. The Morgan fingerprint density at radius 3 is 2.82 bits per heavy atom. The third-order valence-electron chi connectivity index (χ3n) is 5.32. The standard InChI is InChI=1S/C23H23ClO4/c1-15-5-4-7-18(11-15)28-22-14-27-21-12-17(9-10-19(21)23(22)25)26-13-16-6-2-3-8-20(16)24/h2-8,11,14,17,19,21H,9-10,12-13H2,1H3. The number of rotatable bonds is 5. The van der Waals surface area contributed by atoms with E-state index in [2.05, 4.69) is 0 Å². The van der Waals surface area contributed by atoms with E-state index in [1.54, 1.807) is 0 Å². The number of Topliss-reactive ketones (excluding diaryl/α,β-unsaturated/α-hetero) is 1. The molecule has 1 heterocycles. The van der Waals surface area contributed by atoms with Crippen LogP contribution >= 0.6 is 11.6 Å². The molecule has 146 valence electrons. The average Bonchev–Trinajstić information content (AvgIpc) is 2.69. The van der Waals surface area contributed by atoms with Gasteiger partial charge in [0.05, 0.1) is 18.6 Å². The Kier molecular flexibility index (Phi) is 5.69. The second-order valence-corrected chi connectivity index (χ2v) is 7.79. The van der Waals surface area contributed by atoms with Gasteiger partial charge in [-0.05, 0) is 49.1 Å². The highest BCUT2D eigenvalue weighted by molar-refractivity contribution is 6.31. The molecule has 3 unspecified atom stereocenters. The zero-order valence-corrected chi connectivity index (χ0v) is 16.5. The van der Waals surface area contributed by atoms with Crippen LogP contribution in [0.2, 0.25) is 5.02 Å². The summed E-state index contributed by atoms with van der Waals surface area (Å²) in [6.07, 6.45) is 3.58. The number of allylic oxidation sites excluding steroid dienone is 1. The van der Waals surface area contributed by atoms with Gasteiger partial charge in [0.1, 0.15) is 18.1 Å². The van der Waals surface area contributed by atoms with Gasteiger partial charge in [0.15, 0.2) is 0 Å². The second-order valence-electron chi connectivity index (χ2n) is 7.38. The van der Waals surface area contributed by atoms with E-state index >= 15 is 0 Å². The third kappa shape index (κ3) is 4.23. The number of ketones is 1. The Balaban J connectivity index is 1.36. The predicted octanol–water partition coefficient (Wildman–Crippen LogP) is 5.22. The zero-order valence-electron chi connectivity index (χ0n) is 15.8. The highest BCUT2D eigenvalue weighted by Crippen LogP contribution is 2.35. The highest BCUT2D eigenvalue weighted by atomic mass is 35.5. The maximum atomic E-state index is 12.8. The molecule has 2 aromatic carbocycles. The lowest BCUT2D eigenvalue weighted by Gasteiger charge is -2.37. The Hall–Kier alpha value is -2.30. The van der Waals surface area contributed by atoms with Crippen molar-refractivity contribution in [2.75, 3.05) is 0 Å². The molecule has 3 atom stereocenters. The molecule has 0 spiro atoms. The zero-order chi connectivity index (χ0) is 19.5. The van der Waals surface area contributed by atoms with Crippen LogP contribution in [0.25, 0.3) is 0 Å². The topological polar surface area (TPSA) is 44.8 Å². The van der Waals surface area contributed by atoms with Gasteiger partial charge in [-0.2, -0.15) is 0 Å². The fourth-order valence-electron chi connectivity index (χ4n) is 3.79. The summed E-state index contributed by atoms with van der Waals surface area (Å²) < 4.78 is 17.7. The third-order valence-corrected chi connectivity index (χ3v) is 5.69. The molecule has 1 saturated carbocycles. The maximum absolute atomic E-state index is 12.8. The van der Waals surface area contributed by atoms with E-state index in [9.17, 15) is 4.79 Å². The van der Waals surface area contributed by atoms with Crippen LogP contribution in [0.4, 0.5) is 0 Å². The van der Waals surface area contributed by atoms with Crippen LogP contribution in [0.1, 0.15) is 30.4 Å². The summed E-state index contributed by atoms with van der Waals surface area (Å²) in [5.74, 6) is 0.771. The molecule has 28 heavy (non-hydrogen) atoms.